The van der Waals surface area contributed by atoms with Crippen molar-refractivity contribution in [2.24, 2.45) is 11.8 Å². The first-order valence-electron chi connectivity index (χ1n) is 8.79. The number of benzene rings is 2. The molecule has 0 unspecified atom stereocenters. The molecule has 3 N–H and O–H groups in total. The lowest BCUT2D eigenvalue weighted by Gasteiger charge is -2.15. The normalized spacial score (nSPS) is 20.1. The Hall–Kier alpha value is -2.96. The van der Waals surface area contributed by atoms with Gasteiger partial charge in [-0.3, -0.25) is 9.59 Å². The van der Waals surface area contributed by atoms with Gasteiger partial charge in [0.1, 0.15) is 0 Å². The van der Waals surface area contributed by atoms with Crippen LogP contribution in [0.5, 0.6) is 0 Å². The Labute approximate surface area is 158 Å². The molecular formula is C21H23N3O3. The Morgan fingerprint density at radius 2 is 1.78 bits per heavy atom. The highest BCUT2D eigenvalue weighted by Gasteiger charge is 2.36. The van der Waals surface area contributed by atoms with Crippen LogP contribution < -0.4 is 10.9 Å². The van der Waals surface area contributed by atoms with Crippen molar-refractivity contribution in [3.05, 3.63) is 71.8 Å². The zero-order valence-corrected chi connectivity index (χ0v) is 15.2. The van der Waals surface area contributed by atoms with Gasteiger partial charge in [-0.05, 0) is 36.4 Å². The van der Waals surface area contributed by atoms with Gasteiger partial charge in [-0.1, -0.05) is 42.5 Å². The fraction of sp³-hybridized carbons (Fsp3) is 0.238. The largest absolute Gasteiger partial charge is 0.481 e. The van der Waals surface area contributed by atoms with Crippen molar-refractivity contribution in [3.8, 4) is 0 Å². The van der Waals surface area contributed by atoms with Crippen LogP contribution in [0.4, 0.5) is 5.69 Å². The average molecular weight is 365 g/mol. The van der Waals surface area contributed by atoms with Gasteiger partial charge < -0.3 is 10.0 Å². The third-order valence-corrected chi connectivity index (χ3v) is 4.87. The lowest BCUT2D eigenvalue weighted by molar-refractivity contribution is -0.141. The van der Waals surface area contributed by atoms with Gasteiger partial charge in [0.25, 0.3) is 5.91 Å². The third kappa shape index (κ3) is 4.42. The summed E-state index contributed by atoms with van der Waals surface area (Å²) in [5, 5.41) is 10.5. The molecule has 27 heavy (non-hydrogen) atoms. The van der Waals surface area contributed by atoms with Crippen LogP contribution in [0, 0.1) is 5.92 Å². The monoisotopic (exact) mass is 365 g/mol. The van der Waals surface area contributed by atoms with Crippen LogP contribution in [0.3, 0.4) is 0 Å². The molecule has 1 aliphatic rings. The number of aliphatic carboxylic acids is 1. The number of likely N-dealkylation sites (tertiary alicyclic amines) is 1. The van der Waals surface area contributed by atoms with Crippen molar-refractivity contribution in [2.75, 3.05) is 25.1 Å². The molecule has 6 heteroatoms. The number of nitrogens with zero attached hydrogens (tertiary/aromatic N) is 2. The maximum Gasteiger partial charge on any atom is 0.308 e. The number of amides is 1. The fourth-order valence-electron chi connectivity index (χ4n) is 3.41. The van der Waals surface area contributed by atoms with Gasteiger partial charge in [0.15, 0.2) is 0 Å². The predicted molar refractivity (Wildman–Crippen MR) is 105 cm³/mol. The Morgan fingerprint density at radius 1 is 1.11 bits per heavy atom. The van der Waals surface area contributed by atoms with Crippen LogP contribution in [0.25, 0.3) is 6.08 Å². The minimum absolute atomic E-state index is 0.0234. The van der Waals surface area contributed by atoms with Crippen molar-refractivity contribution in [1.29, 1.82) is 0 Å². The van der Waals surface area contributed by atoms with Crippen LogP contribution in [-0.2, 0) is 9.59 Å². The first kappa shape index (κ1) is 18.8. The SMILES string of the molecule is CN1C[C@@H](C(=O)O)[C@H](c2ccc(C=CC(=O)N(N)c3ccccc3)cc2)C1. The van der Waals surface area contributed by atoms with E-state index in [4.69, 9.17) is 5.84 Å². The summed E-state index contributed by atoms with van der Waals surface area (Å²) in [6.07, 6.45) is 3.12. The molecule has 0 spiro atoms. The first-order chi connectivity index (χ1) is 13.0. The summed E-state index contributed by atoms with van der Waals surface area (Å²) in [5.41, 5.74) is 2.47. The number of likely N-dealkylation sites (N-methyl/N-ethyl adjacent to an activating group) is 1. The molecule has 1 fully saturated rings. The van der Waals surface area contributed by atoms with Gasteiger partial charge in [-0.2, -0.15) is 0 Å². The standard InChI is InChI=1S/C21H23N3O3/c1-23-13-18(19(14-23)21(26)27)16-10-7-15(8-11-16)9-12-20(25)24(22)17-5-3-2-4-6-17/h2-12,18-19H,13-14,22H2,1H3,(H,26,27)/t18-,19+/m0/s1. The van der Waals surface area contributed by atoms with E-state index in [1.165, 1.54) is 6.08 Å². The van der Waals surface area contributed by atoms with E-state index in [-0.39, 0.29) is 11.8 Å². The Bertz CT molecular complexity index is 834. The second-order valence-electron chi connectivity index (χ2n) is 6.82. The Kier molecular flexibility index (Phi) is 5.69. The topological polar surface area (TPSA) is 86.9 Å². The molecule has 1 amide bonds. The number of hydrogen-bond donors (Lipinski definition) is 2. The number of para-hydroxylation sites is 1. The van der Waals surface area contributed by atoms with E-state index in [2.05, 4.69) is 0 Å². The van der Waals surface area contributed by atoms with E-state index in [0.717, 1.165) is 22.7 Å². The Balaban J connectivity index is 1.68. The maximum atomic E-state index is 12.2. The van der Waals surface area contributed by atoms with Gasteiger partial charge in [-0.15, -0.1) is 0 Å². The minimum Gasteiger partial charge on any atom is -0.481 e. The van der Waals surface area contributed by atoms with Crippen molar-refractivity contribution in [3.63, 3.8) is 0 Å². The molecule has 2 atom stereocenters. The molecule has 1 saturated heterocycles. The molecule has 0 bridgehead atoms. The quantitative estimate of drug-likeness (QED) is 0.368. The number of nitrogens with two attached hydrogens (primary N) is 1. The van der Waals surface area contributed by atoms with Crippen molar-refractivity contribution in [2.45, 2.75) is 5.92 Å². The number of carboxylic acid groups (broad SMARTS) is 1. The highest BCUT2D eigenvalue weighted by Crippen LogP contribution is 2.32. The van der Waals surface area contributed by atoms with E-state index >= 15 is 0 Å². The van der Waals surface area contributed by atoms with Gasteiger partial charge in [0.2, 0.25) is 0 Å². The summed E-state index contributed by atoms with van der Waals surface area (Å²) >= 11 is 0. The van der Waals surface area contributed by atoms with E-state index in [0.29, 0.717) is 12.2 Å². The summed E-state index contributed by atoms with van der Waals surface area (Å²) in [6, 6.07) is 16.7. The molecule has 2 aromatic carbocycles. The average Bonchev–Trinajstić information content (AvgIpc) is 3.08. The summed E-state index contributed by atoms with van der Waals surface area (Å²) in [4.78, 5) is 25.7. The molecule has 3 rings (SSSR count). The van der Waals surface area contributed by atoms with Gasteiger partial charge in [0.05, 0.1) is 11.6 Å². The summed E-state index contributed by atoms with van der Waals surface area (Å²) in [7, 11) is 1.93. The second kappa shape index (κ2) is 8.16. The van der Waals surface area contributed by atoms with Crippen LogP contribution in [0.15, 0.2) is 60.7 Å². The van der Waals surface area contributed by atoms with Crippen LogP contribution >= 0.6 is 0 Å². The molecule has 140 valence electrons. The maximum absolute atomic E-state index is 12.2. The van der Waals surface area contributed by atoms with Crippen LogP contribution in [0.1, 0.15) is 17.0 Å². The van der Waals surface area contributed by atoms with Crippen LogP contribution in [0.2, 0.25) is 0 Å². The van der Waals surface area contributed by atoms with Crippen LogP contribution in [-0.4, -0.2) is 42.0 Å². The lowest BCUT2D eigenvalue weighted by atomic mass is 9.88. The molecule has 0 saturated carbocycles. The number of carbonyl (C=O) groups is 2. The number of hydrogen-bond acceptors (Lipinski definition) is 4. The molecule has 6 nitrogen and oxygen atoms in total. The molecular weight excluding hydrogens is 342 g/mol. The summed E-state index contributed by atoms with van der Waals surface area (Å²) < 4.78 is 0. The number of hydrazine groups is 1. The zero-order valence-electron chi connectivity index (χ0n) is 15.2. The second-order valence-corrected chi connectivity index (χ2v) is 6.82. The molecule has 1 aliphatic heterocycles. The van der Waals surface area contributed by atoms with Gasteiger partial charge in [-0.25, -0.2) is 10.9 Å². The number of carbonyl (C=O) groups excluding carboxylic acids is 1. The predicted octanol–water partition coefficient (Wildman–Crippen LogP) is 2.34. The number of carboxylic acids is 1. The lowest BCUT2D eigenvalue weighted by Crippen LogP contribution is -2.36. The van der Waals surface area contributed by atoms with E-state index in [1.807, 2.05) is 54.4 Å². The number of rotatable bonds is 5. The van der Waals surface area contributed by atoms with Crippen molar-refractivity contribution in [1.82, 2.24) is 4.90 Å². The zero-order chi connectivity index (χ0) is 19.4. The van der Waals surface area contributed by atoms with Gasteiger partial charge in [0, 0.05) is 25.1 Å². The van der Waals surface area contributed by atoms with E-state index in [1.54, 1.807) is 18.2 Å². The first-order valence-corrected chi connectivity index (χ1v) is 8.79. The molecule has 0 aromatic heterocycles. The molecule has 1 heterocycles. The highest BCUT2D eigenvalue weighted by molar-refractivity contribution is 6.02. The third-order valence-electron chi connectivity index (χ3n) is 4.87. The summed E-state index contributed by atoms with van der Waals surface area (Å²) in [5.74, 6) is 4.33. The number of anilines is 1. The fourth-order valence-corrected chi connectivity index (χ4v) is 3.41. The smallest absolute Gasteiger partial charge is 0.308 e. The van der Waals surface area contributed by atoms with E-state index < -0.39 is 11.9 Å². The summed E-state index contributed by atoms with van der Waals surface area (Å²) in [6.45, 7) is 1.28. The molecule has 0 aliphatic carbocycles. The van der Waals surface area contributed by atoms with E-state index in [9.17, 15) is 14.7 Å². The molecule has 0 radical (unpaired) electrons. The van der Waals surface area contributed by atoms with Crippen molar-refractivity contribution < 1.29 is 14.7 Å². The Morgan fingerprint density at radius 3 is 2.41 bits per heavy atom. The molecule has 2 aromatic rings. The van der Waals surface area contributed by atoms with Crippen molar-refractivity contribution >= 4 is 23.6 Å². The minimum atomic E-state index is -0.761. The highest BCUT2D eigenvalue weighted by atomic mass is 16.4. The van der Waals surface area contributed by atoms with Gasteiger partial charge >= 0.3 is 5.97 Å².